The van der Waals surface area contributed by atoms with Crippen LogP contribution in [-0.2, 0) is 16.2 Å². The van der Waals surface area contributed by atoms with Crippen molar-refractivity contribution < 1.29 is 5.11 Å². The van der Waals surface area contributed by atoms with Gasteiger partial charge in [0.2, 0.25) is 0 Å². The van der Waals surface area contributed by atoms with Gasteiger partial charge in [-0.05, 0) is 91.6 Å². The molecule has 54 heavy (non-hydrogen) atoms. The van der Waals surface area contributed by atoms with Crippen LogP contribution in [0.5, 0.6) is 5.75 Å². The maximum atomic E-state index is 11.0. The first-order valence-corrected chi connectivity index (χ1v) is 18.7. The van der Waals surface area contributed by atoms with Crippen LogP contribution in [0.25, 0.3) is 55.4 Å². The van der Waals surface area contributed by atoms with Gasteiger partial charge >= 0.3 is 0 Å². The van der Waals surface area contributed by atoms with Crippen LogP contribution in [0.15, 0.2) is 146 Å². The van der Waals surface area contributed by atoms with Gasteiger partial charge in [0.05, 0.1) is 39.7 Å². The predicted molar refractivity (Wildman–Crippen MR) is 222 cm³/mol. The molecule has 2 heterocycles. The molecular formula is C50H43N3O. The maximum absolute atomic E-state index is 11.0. The van der Waals surface area contributed by atoms with E-state index < -0.39 is 5.41 Å². The zero-order chi connectivity index (χ0) is 37.4. The van der Waals surface area contributed by atoms with Crippen molar-refractivity contribution in [3.05, 3.63) is 179 Å². The van der Waals surface area contributed by atoms with Crippen molar-refractivity contribution in [1.29, 1.82) is 0 Å². The number of aromatic nitrogens is 3. The summed E-state index contributed by atoms with van der Waals surface area (Å²) in [6.45, 7) is 13.6. The fraction of sp³-hybridized carbons (Fsp3) is 0.180. The Kier molecular flexibility index (Phi) is 7.62. The molecule has 8 aromatic rings. The first kappa shape index (κ1) is 33.7. The van der Waals surface area contributed by atoms with E-state index in [9.17, 15) is 5.11 Å². The van der Waals surface area contributed by atoms with E-state index in [1.54, 1.807) is 6.07 Å². The van der Waals surface area contributed by atoms with Crippen molar-refractivity contribution in [3.8, 4) is 39.4 Å². The Balaban J connectivity index is 1.36. The Morgan fingerprint density at radius 1 is 0.537 bits per heavy atom. The minimum absolute atomic E-state index is 0.0794. The number of phenols is 1. The highest BCUT2D eigenvalue weighted by molar-refractivity contribution is 6.04. The van der Waals surface area contributed by atoms with Crippen LogP contribution < -0.4 is 0 Å². The van der Waals surface area contributed by atoms with E-state index in [-0.39, 0.29) is 16.6 Å². The van der Waals surface area contributed by atoms with E-state index in [0.717, 1.165) is 50.0 Å². The average molecular weight is 702 g/mol. The lowest BCUT2D eigenvalue weighted by atomic mass is 9.67. The summed E-state index contributed by atoms with van der Waals surface area (Å²) >= 11 is 0. The number of fused-ring (bicyclic) bond motifs is 6. The summed E-state index contributed by atoms with van der Waals surface area (Å²) in [7, 11) is 0. The predicted octanol–water partition coefficient (Wildman–Crippen LogP) is 12.2. The molecule has 0 spiro atoms. The molecule has 0 saturated carbocycles. The zero-order valence-electron chi connectivity index (χ0n) is 31.6. The minimum atomic E-state index is -0.788. The molecule has 0 atom stereocenters. The van der Waals surface area contributed by atoms with Gasteiger partial charge in [-0.1, -0.05) is 145 Å². The lowest BCUT2D eigenvalue weighted by Crippen LogP contribution is -2.31. The van der Waals surface area contributed by atoms with Gasteiger partial charge in [0.25, 0.3) is 0 Å². The van der Waals surface area contributed by atoms with Gasteiger partial charge in [0.1, 0.15) is 5.75 Å². The molecule has 1 N–H and O–H groups in total. The van der Waals surface area contributed by atoms with Gasteiger partial charge in [-0.15, -0.1) is 0 Å². The second-order valence-corrected chi connectivity index (χ2v) is 16.7. The summed E-state index contributed by atoms with van der Waals surface area (Å²) < 4.78 is 0. The Labute approximate surface area is 317 Å². The van der Waals surface area contributed by atoms with Crippen molar-refractivity contribution in [2.24, 2.45) is 0 Å². The molecule has 1 aliphatic carbocycles. The number of rotatable bonds is 4. The van der Waals surface area contributed by atoms with Crippen molar-refractivity contribution in [3.63, 3.8) is 0 Å². The van der Waals surface area contributed by atoms with Gasteiger partial charge in [-0.2, -0.15) is 0 Å². The van der Waals surface area contributed by atoms with Crippen LogP contribution in [0.3, 0.4) is 0 Å². The summed E-state index contributed by atoms with van der Waals surface area (Å²) in [5, 5.41) is 13.3. The van der Waals surface area contributed by atoms with Gasteiger partial charge in [0.15, 0.2) is 0 Å². The molecule has 4 heteroatoms. The number of nitrogens with zero attached hydrogens (tertiary/aromatic N) is 3. The lowest BCUT2D eigenvalue weighted by Gasteiger charge is -2.35. The van der Waals surface area contributed by atoms with E-state index >= 15 is 0 Å². The molecule has 0 amide bonds. The third kappa shape index (κ3) is 5.31. The van der Waals surface area contributed by atoms with Crippen molar-refractivity contribution in [2.75, 3.05) is 0 Å². The fourth-order valence-corrected chi connectivity index (χ4v) is 8.28. The number of hydrogen-bond donors (Lipinski definition) is 1. The summed E-state index contributed by atoms with van der Waals surface area (Å²) in [5.41, 5.74) is 13.4. The fourth-order valence-electron chi connectivity index (χ4n) is 8.28. The zero-order valence-corrected chi connectivity index (χ0v) is 31.6. The average Bonchev–Trinajstić information content (AvgIpc) is 3.47. The van der Waals surface area contributed by atoms with E-state index in [1.165, 1.54) is 33.4 Å². The third-order valence-electron chi connectivity index (χ3n) is 11.2. The molecule has 9 rings (SSSR count). The lowest BCUT2D eigenvalue weighted by molar-refractivity contribution is 0.477. The monoisotopic (exact) mass is 701 g/mol. The minimum Gasteiger partial charge on any atom is -0.507 e. The molecular weight excluding hydrogens is 659 g/mol. The quantitative estimate of drug-likeness (QED) is 0.186. The number of phenolic OH excluding ortho intramolecular Hbond substituents is 1. The van der Waals surface area contributed by atoms with Crippen LogP contribution in [-0.4, -0.2) is 20.1 Å². The topological polar surface area (TPSA) is 58.9 Å². The number of para-hydroxylation sites is 1. The van der Waals surface area contributed by atoms with Crippen LogP contribution in [0, 0.1) is 0 Å². The molecule has 0 fully saturated rings. The first-order valence-electron chi connectivity index (χ1n) is 18.7. The summed E-state index contributed by atoms with van der Waals surface area (Å²) in [4.78, 5) is 15.7. The Bertz CT molecular complexity index is 2700. The highest BCUT2D eigenvalue weighted by atomic mass is 16.3. The Morgan fingerprint density at radius 2 is 1.20 bits per heavy atom. The van der Waals surface area contributed by atoms with Crippen LogP contribution in [0.2, 0.25) is 0 Å². The third-order valence-corrected chi connectivity index (χ3v) is 11.2. The second-order valence-electron chi connectivity index (χ2n) is 16.7. The van der Waals surface area contributed by atoms with Crippen LogP contribution in [0.4, 0.5) is 0 Å². The first-order chi connectivity index (χ1) is 25.9. The largest absolute Gasteiger partial charge is 0.507 e. The van der Waals surface area contributed by atoms with Gasteiger partial charge in [-0.3, -0.25) is 9.97 Å². The highest BCUT2D eigenvalue weighted by Crippen LogP contribution is 2.57. The number of pyridine rings is 1. The maximum Gasteiger partial charge on any atom is 0.124 e. The molecule has 6 aromatic carbocycles. The van der Waals surface area contributed by atoms with Crippen molar-refractivity contribution in [1.82, 2.24) is 15.0 Å². The molecule has 0 bridgehead atoms. The normalized spacial score (nSPS) is 13.6. The van der Waals surface area contributed by atoms with E-state index in [0.29, 0.717) is 5.56 Å². The smallest absolute Gasteiger partial charge is 0.124 e. The van der Waals surface area contributed by atoms with Crippen LogP contribution >= 0.6 is 0 Å². The molecule has 0 aliphatic heterocycles. The molecule has 2 aromatic heterocycles. The summed E-state index contributed by atoms with van der Waals surface area (Å²) in [5.74, 6) is 0.207. The molecule has 4 nitrogen and oxygen atoms in total. The molecule has 0 saturated heterocycles. The summed E-state index contributed by atoms with van der Waals surface area (Å²) in [6.07, 6.45) is 1.91. The summed E-state index contributed by atoms with van der Waals surface area (Å²) in [6, 6.07) is 49.0. The molecule has 0 radical (unpaired) electrons. The standard InChI is InChI=1S/C50H43N3O/c1-48(2,3)33-22-24-37-38-25-23-34(49(4,5)6)29-41(38)50(40(37)28-33,46-20-12-18-42(53-46)39-17-9-10-19-45(39)54)35-15-11-14-32(27-35)44-30-51-47-36-16-8-7-13-31(36)21-26-43(47)52-44/h7-30,54H,1-6H3. The van der Waals surface area contributed by atoms with E-state index in [1.807, 2.05) is 30.5 Å². The van der Waals surface area contributed by atoms with Gasteiger partial charge in [-0.25, -0.2) is 4.98 Å². The molecule has 0 unspecified atom stereocenters. The van der Waals surface area contributed by atoms with Crippen molar-refractivity contribution >= 4 is 21.8 Å². The van der Waals surface area contributed by atoms with E-state index in [4.69, 9.17) is 15.0 Å². The van der Waals surface area contributed by atoms with Crippen molar-refractivity contribution in [2.45, 2.75) is 57.8 Å². The van der Waals surface area contributed by atoms with E-state index in [2.05, 4.69) is 151 Å². The molecule has 264 valence electrons. The SMILES string of the molecule is CC(C)(C)c1ccc2c(c1)C(c1cccc(-c3cnc4c(ccc5ccccc54)n3)c1)(c1cccc(-c3ccccc3O)n1)c1cc(C(C)(C)C)ccc1-2. The Hall–Kier alpha value is -6.13. The van der Waals surface area contributed by atoms with Gasteiger partial charge < -0.3 is 5.11 Å². The molecule has 1 aliphatic rings. The Morgan fingerprint density at radius 3 is 1.91 bits per heavy atom. The number of benzene rings is 6. The second kappa shape index (κ2) is 12.2. The van der Waals surface area contributed by atoms with Crippen LogP contribution in [0.1, 0.15) is 75.1 Å². The highest BCUT2D eigenvalue weighted by Gasteiger charge is 2.48. The number of aromatic hydroxyl groups is 1. The van der Waals surface area contributed by atoms with Gasteiger partial charge in [0, 0.05) is 16.5 Å². The number of hydrogen-bond acceptors (Lipinski definition) is 4.